The minimum atomic E-state index is -0.523. The molecule has 1 aromatic heterocycles. The van der Waals surface area contributed by atoms with Crippen LogP contribution in [0.4, 0.5) is 0 Å². The SMILES string of the molecule is COCCN(Cc1ccccc1)C(=O)COC(=O)c1ccc2ncsc2c1. The molecule has 2 aromatic carbocycles. The molecule has 140 valence electrons. The number of nitrogens with zero attached hydrogens (tertiary/aromatic N) is 2. The Morgan fingerprint density at radius 3 is 2.74 bits per heavy atom. The van der Waals surface area contributed by atoms with Gasteiger partial charge in [0.15, 0.2) is 6.61 Å². The van der Waals surface area contributed by atoms with Crippen molar-refractivity contribution >= 4 is 33.4 Å². The maximum absolute atomic E-state index is 12.5. The number of fused-ring (bicyclic) bond motifs is 1. The monoisotopic (exact) mass is 384 g/mol. The number of hydrogen-bond acceptors (Lipinski definition) is 6. The van der Waals surface area contributed by atoms with Gasteiger partial charge in [-0.25, -0.2) is 9.78 Å². The molecule has 27 heavy (non-hydrogen) atoms. The van der Waals surface area contributed by atoms with Gasteiger partial charge < -0.3 is 14.4 Å². The zero-order valence-electron chi connectivity index (χ0n) is 15.0. The van der Waals surface area contributed by atoms with E-state index in [0.29, 0.717) is 25.3 Å². The molecule has 1 amide bonds. The van der Waals surface area contributed by atoms with Crippen LogP contribution in [0, 0.1) is 0 Å². The standard InChI is InChI=1S/C20H20N2O4S/c1-25-10-9-22(12-15-5-3-2-4-6-15)19(23)13-26-20(24)16-7-8-17-18(11-16)27-14-21-17/h2-8,11,14H,9-10,12-13H2,1H3. The number of carbonyl (C=O) groups is 2. The van der Waals surface area contributed by atoms with Crippen molar-refractivity contribution in [1.29, 1.82) is 0 Å². The summed E-state index contributed by atoms with van der Waals surface area (Å²) in [6.07, 6.45) is 0. The summed E-state index contributed by atoms with van der Waals surface area (Å²) >= 11 is 1.45. The van der Waals surface area contributed by atoms with Gasteiger partial charge in [-0.05, 0) is 23.8 Å². The number of hydrogen-bond donors (Lipinski definition) is 0. The Bertz CT molecular complexity index is 911. The molecule has 0 saturated carbocycles. The van der Waals surface area contributed by atoms with Gasteiger partial charge in [-0.1, -0.05) is 30.3 Å². The van der Waals surface area contributed by atoms with Crippen LogP contribution in [0.3, 0.4) is 0 Å². The molecule has 0 saturated heterocycles. The van der Waals surface area contributed by atoms with E-state index < -0.39 is 5.97 Å². The number of carbonyl (C=O) groups excluding carboxylic acids is 2. The molecule has 0 radical (unpaired) electrons. The molecule has 0 fully saturated rings. The van der Waals surface area contributed by atoms with Gasteiger partial charge in [-0.2, -0.15) is 0 Å². The second-order valence-corrected chi connectivity index (χ2v) is 6.79. The first-order chi connectivity index (χ1) is 13.2. The van der Waals surface area contributed by atoms with Gasteiger partial charge in [-0.15, -0.1) is 11.3 Å². The summed E-state index contributed by atoms with van der Waals surface area (Å²) in [5.74, 6) is -0.784. The Labute approximate surface area is 161 Å². The van der Waals surface area contributed by atoms with E-state index in [1.165, 1.54) is 11.3 Å². The lowest BCUT2D eigenvalue weighted by atomic mass is 10.2. The first kappa shape index (κ1) is 19.0. The van der Waals surface area contributed by atoms with E-state index in [9.17, 15) is 9.59 Å². The largest absolute Gasteiger partial charge is 0.452 e. The molecule has 0 aliphatic carbocycles. The first-order valence-corrected chi connectivity index (χ1v) is 9.36. The van der Waals surface area contributed by atoms with E-state index in [4.69, 9.17) is 9.47 Å². The molecule has 6 nitrogen and oxygen atoms in total. The fourth-order valence-corrected chi connectivity index (χ4v) is 3.30. The van der Waals surface area contributed by atoms with E-state index in [1.807, 2.05) is 30.3 Å². The number of rotatable bonds is 8. The quantitative estimate of drug-likeness (QED) is 0.558. The number of ether oxygens (including phenoxy) is 2. The molecular weight excluding hydrogens is 364 g/mol. The van der Waals surface area contributed by atoms with Crippen LogP contribution in [0.5, 0.6) is 0 Å². The Balaban J connectivity index is 1.61. The fourth-order valence-electron chi connectivity index (χ4n) is 2.58. The lowest BCUT2D eigenvalue weighted by Gasteiger charge is -2.22. The molecule has 0 N–H and O–H groups in total. The van der Waals surface area contributed by atoms with E-state index in [-0.39, 0.29) is 12.5 Å². The molecule has 0 bridgehead atoms. The molecule has 0 unspecified atom stereocenters. The number of aromatic nitrogens is 1. The van der Waals surface area contributed by atoms with Gasteiger partial charge in [0.05, 0.1) is 27.9 Å². The maximum Gasteiger partial charge on any atom is 0.338 e. The summed E-state index contributed by atoms with van der Waals surface area (Å²) in [6.45, 7) is 0.965. The average Bonchev–Trinajstić information content (AvgIpc) is 3.17. The zero-order valence-corrected chi connectivity index (χ0v) is 15.8. The van der Waals surface area contributed by atoms with E-state index >= 15 is 0 Å². The highest BCUT2D eigenvalue weighted by atomic mass is 32.1. The van der Waals surface area contributed by atoms with Crippen molar-refractivity contribution in [3.05, 3.63) is 65.2 Å². The zero-order chi connectivity index (χ0) is 19.1. The van der Waals surface area contributed by atoms with Crippen molar-refractivity contribution < 1.29 is 19.1 Å². The van der Waals surface area contributed by atoms with Gasteiger partial charge in [0, 0.05) is 20.2 Å². The highest BCUT2D eigenvalue weighted by molar-refractivity contribution is 7.16. The Morgan fingerprint density at radius 2 is 1.96 bits per heavy atom. The Kier molecular flexibility index (Phi) is 6.51. The topological polar surface area (TPSA) is 68.7 Å². The number of thiazole rings is 1. The van der Waals surface area contributed by atoms with Crippen molar-refractivity contribution in [2.45, 2.75) is 6.54 Å². The third-order valence-electron chi connectivity index (χ3n) is 4.03. The van der Waals surface area contributed by atoms with Crippen LogP contribution in [-0.2, 0) is 20.8 Å². The number of methoxy groups -OCH3 is 1. The van der Waals surface area contributed by atoms with Crippen LogP contribution in [0.15, 0.2) is 54.0 Å². The van der Waals surface area contributed by atoms with Gasteiger partial charge in [-0.3, -0.25) is 4.79 Å². The summed E-state index contributed by atoms with van der Waals surface area (Å²) in [4.78, 5) is 30.6. The van der Waals surface area contributed by atoms with Crippen molar-refractivity contribution in [3.8, 4) is 0 Å². The summed E-state index contributed by atoms with van der Waals surface area (Å²) in [6, 6.07) is 14.8. The van der Waals surface area contributed by atoms with E-state index in [0.717, 1.165) is 15.8 Å². The van der Waals surface area contributed by atoms with Gasteiger partial charge in [0.1, 0.15) is 0 Å². The predicted octanol–water partition coefficient (Wildman–Crippen LogP) is 3.13. The third-order valence-corrected chi connectivity index (χ3v) is 4.82. The molecule has 0 spiro atoms. The minimum Gasteiger partial charge on any atom is -0.452 e. The van der Waals surface area contributed by atoms with Gasteiger partial charge in [0.2, 0.25) is 0 Å². The second kappa shape index (κ2) is 9.25. The van der Waals surface area contributed by atoms with Crippen LogP contribution in [-0.4, -0.2) is 48.6 Å². The van der Waals surface area contributed by atoms with Crippen molar-refractivity contribution in [3.63, 3.8) is 0 Å². The van der Waals surface area contributed by atoms with Crippen LogP contribution in [0.25, 0.3) is 10.2 Å². The maximum atomic E-state index is 12.5. The van der Waals surface area contributed by atoms with Crippen molar-refractivity contribution in [2.24, 2.45) is 0 Å². The van der Waals surface area contributed by atoms with Gasteiger partial charge in [0.25, 0.3) is 5.91 Å². The molecule has 1 heterocycles. The Hall–Kier alpha value is -2.77. The smallest absolute Gasteiger partial charge is 0.338 e. The van der Waals surface area contributed by atoms with Crippen molar-refractivity contribution in [1.82, 2.24) is 9.88 Å². The highest BCUT2D eigenvalue weighted by Crippen LogP contribution is 2.19. The molecule has 3 rings (SSSR count). The van der Waals surface area contributed by atoms with Crippen LogP contribution >= 0.6 is 11.3 Å². The second-order valence-electron chi connectivity index (χ2n) is 5.90. The Morgan fingerprint density at radius 1 is 1.15 bits per heavy atom. The lowest BCUT2D eigenvalue weighted by molar-refractivity contribution is -0.135. The molecule has 0 aliphatic heterocycles. The lowest BCUT2D eigenvalue weighted by Crippen LogP contribution is -2.36. The highest BCUT2D eigenvalue weighted by Gasteiger charge is 2.17. The third kappa shape index (κ3) is 5.12. The average molecular weight is 384 g/mol. The van der Waals surface area contributed by atoms with Crippen molar-refractivity contribution in [2.75, 3.05) is 26.9 Å². The molecule has 7 heteroatoms. The van der Waals surface area contributed by atoms with Gasteiger partial charge >= 0.3 is 5.97 Å². The number of benzene rings is 2. The van der Waals surface area contributed by atoms with Crippen LogP contribution < -0.4 is 0 Å². The summed E-state index contributed by atoms with van der Waals surface area (Å²) in [5, 5.41) is 0. The minimum absolute atomic E-state index is 0.261. The molecule has 0 aliphatic rings. The summed E-state index contributed by atoms with van der Waals surface area (Å²) in [5.41, 5.74) is 3.97. The van der Waals surface area contributed by atoms with Crippen LogP contribution in [0.1, 0.15) is 15.9 Å². The fraction of sp³-hybridized carbons (Fsp3) is 0.250. The van der Waals surface area contributed by atoms with Crippen LogP contribution in [0.2, 0.25) is 0 Å². The summed E-state index contributed by atoms with van der Waals surface area (Å²) < 4.78 is 11.2. The first-order valence-electron chi connectivity index (χ1n) is 8.48. The normalized spacial score (nSPS) is 10.7. The predicted molar refractivity (Wildman–Crippen MR) is 104 cm³/mol. The molecule has 0 atom stereocenters. The summed E-state index contributed by atoms with van der Waals surface area (Å²) in [7, 11) is 1.58. The molecular formula is C20H20N2O4S. The van der Waals surface area contributed by atoms with E-state index in [2.05, 4.69) is 4.98 Å². The number of esters is 1. The molecule has 3 aromatic rings. The number of amides is 1. The van der Waals surface area contributed by atoms with E-state index in [1.54, 1.807) is 35.7 Å².